The molecule has 188 valence electrons. The first-order valence-electron chi connectivity index (χ1n) is 13.0. The molecule has 4 aliphatic rings. The molecule has 0 aromatic carbocycles. The second-order valence-corrected chi connectivity index (χ2v) is 11.5. The first kappa shape index (κ1) is 25.4. The molecule has 5 nitrogen and oxygen atoms in total. The van der Waals surface area contributed by atoms with Gasteiger partial charge in [-0.25, -0.2) is 4.79 Å². The third kappa shape index (κ3) is 4.84. The highest BCUT2D eigenvalue weighted by atomic mass is 16.5. The van der Waals surface area contributed by atoms with E-state index in [1.807, 2.05) is 12.2 Å². The van der Waals surface area contributed by atoms with Crippen molar-refractivity contribution in [3.8, 4) is 0 Å². The molecular formula is C29H42O5. The van der Waals surface area contributed by atoms with E-state index in [9.17, 15) is 20.1 Å². The van der Waals surface area contributed by atoms with Crippen LogP contribution in [-0.4, -0.2) is 46.2 Å². The minimum absolute atomic E-state index is 0.0877. The van der Waals surface area contributed by atoms with Gasteiger partial charge in [-0.15, -0.1) is 0 Å². The summed E-state index contributed by atoms with van der Waals surface area (Å²) >= 11 is 0. The fraction of sp³-hybridized carbons (Fsp3) is 0.690. The third-order valence-electron chi connectivity index (χ3n) is 9.28. The van der Waals surface area contributed by atoms with Gasteiger partial charge in [0.1, 0.15) is 0 Å². The molecule has 34 heavy (non-hydrogen) atoms. The molecule has 0 saturated heterocycles. The molecule has 5 heteroatoms. The standard InChI is InChI=1S/C29H42O5/c1-18(7-14-25(30)21-9-10-21)23-12-13-24-20(6-5-15-28(23,24)3)8-11-22-16-29(33,27(32)34-4)17-26(31)19(22)2/h7-8,11,14,18,21,23-26,30-31,33H,2,5-6,9-10,12-13,15-17H2,1,3-4H3/t18-,23-,24+,25+,26+,28-,29-/m1/s1. The monoisotopic (exact) mass is 470 g/mol. The number of carbonyl (C=O) groups is 1. The summed E-state index contributed by atoms with van der Waals surface area (Å²) in [6.45, 7) is 8.76. The van der Waals surface area contributed by atoms with Crippen LogP contribution < -0.4 is 0 Å². The van der Waals surface area contributed by atoms with Gasteiger partial charge in [0, 0.05) is 12.8 Å². The summed E-state index contributed by atoms with van der Waals surface area (Å²) in [5.41, 5.74) is 1.22. The number of esters is 1. The van der Waals surface area contributed by atoms with Crippen molar-refractivity contribution < 1.29 is 24.9 Å². The first-order valence-corrected chi connectivity index (χ1v) is 13.0. The molecule has 0 heterocycles. The Morgan fingerprint density at radius 2 is 1.94 bits per heavy atom. The number of fused-ring (bicyclic) bond motifs is 1. The smallest absolute Gasteiger partial charge is 0.338 e. The van der Waals surface area contributed by atoms with E-state index in [4.69, 9.17) is 4.74 Å². The van der Waals surface area contributed by atoms with Gasteiger partial charge in [0.15, 0.2) is 5.60 Å². The van der Waals surface area contributed by atoms with E-state index in [0.29, 0.717) is 34.8 Å². The second-order valence-electron chi connectivity index (χ2n) is 11.5. The Hall–Kier alpha value is -1.69. The summed E-state index contributed by atoms with van der Waals surface area (Å²) < 4.78 is 4.78. The lowest BCUT2D eigenvalue weighted by Gasteiger charge is -2.44. The van der Waals surface area contributed by atoms with Crippen LogP contribution in [-0.2, 0) is 9.53 Å². The van der Waals surface area contributed by atoms with Crippen molar-refractivity contribution in [3.05, 3.63) is 47.6 Å². The third-order valence-corrected chi connectivity index (χ3v) is 9.28. The molecule has 0 amide bonds. The van der Waals surface area contributed by atoms with Gasteiger partial charge in [-0.1, -0.05) is 50.3 Å². The number of carbonyl (C=O) groups excluding carboxylic acids is 1. The number of aliphatic hydroxyl groups excluding tert-OH is 2. The Balaban J connectivity index is 1.52. The van der Waals surface area contributed by atoms with E-state index in [1.54, 1.807) is 0 Å². The summed E-state index contributed by atoms with van der Waals surface area (Å²) in [5, 5.41) is 31.5. The predicted molar refractivity (Wildman–Crippen MR) is 133 cm³/mol. The van der Waals surface area contributed by atoms with Crippen molar-refractivity contribution in [2.24, 2.45) is 29.1 Å². The lowest BCUT2D eigenvalue weighted by molar-refractivity contribution is -0.166. The Morgan fingerprint density at radius 1 is 1.21 bits per heavy atom. The van der Waals surface area contributed by atoms with E-state index in [-0.39, 0.29) is 24.4 Å². The van der Waals surface area contributed by atoms with Crippen LogP contribution in [0.4, 0.5) is 0 Å². The van der Waals surface area contributed by atoms with Crippen LogP contribution >= 0.6 is 0 Å². The summed E-state index contributed by atoms with van der Waals surface area (Å²) in [6, 6.07) is 0. The molecule has 0 radical (unpaired) electrons. The summed E-state index contributed by atoms with van der Waals surface area (Å²) in [6.07, 6.45) is 15.2. The minimum atomic E-state index is -1.72. The topological polar surface area (TPSA) is 87.0 Å². The van der Waals surface area contributed by atoms with Crippen LogP contribution in [0.1, 0.15) is 71.6 Å². The minimum Gasteiger partial charge on any atom is -0.467 e. The van der Waals surface area contributed by atoms with E-state index >= 15 is 0 Å². The molecule has 0 spiro atoms. The van der Waals surface area contributed by atoms with Gasteiger partial charge < -0.3 is 20.1 Å². The van der Waals surface area contributed by atoms with Crippen molar-refractivity contribution in [2.75, 3.05) is 7.11 Å². The molecule has 4 aliphatic carbocycles. The van der Waals surface area contributed by atoms with Crippen molar-refractivity contribution in [3.63, 3.8) is 0 Å². The molecule has 0 aliphatic heterocycles. The number of methoxy groups -OCH3 is 1. The average Bonchev–Trinajstić information content (AvgIpc) is 3.59. The molecule has 0 bridgehead atoms. The fourth-order valence-corrected chi connectivity index (χ4v) is 7.04. The molecular weight excluding hydrogens is 428 g/mol. The highest BCUT2D eigenvalue weighted by Gasteiger charge is 2.50. The summed E-state index contributed by atoms with van der Waals surface area (Å²) in [4.78, 5) is 12.1. The van der Waals surface area contributed by atoms with Crippen LogP contribution in [0.2, 0.25) is 0 Å². The van der Waals surface area contributed by atoms with Crippen LogP contribution in [0.25, 0.3) is 0 Å². The highest BCUT2D eigenvalue weighted by molar-refractivity contribution is 5.80. The normalized spacial score (nSPS) is 40.5. The number of hydrogen-bond acceptors (Lipinski definition) is 5. The summed E-state index contributed by atoms with van der Waals surface area (Å²) in [7, 11) is 1.25. The molecule has 0 aromatic heterocycles. The SMILES string of the molecule is C=C1C(=CC=C2CCC[C@]3(C)[C@@H]([C@H](C)C=C[C@H](O)C4CC4)CC[C@@H]23)C[C@](O)(C(=O)OC)C[C@@H]1O. The molecule has 0 aromatic rings. The van der Waals surface area contributed by atoms with Gasteiger partial charge in [-0.2, -0.15) is 0 Å². The zero-order valence-electron chi connectivity index (χ0n) is 21.0. The van der Waals surface area contributed by atoms with Gasteiger partial charge >= 0.3 is 5.97 Å². The van der Waals surface area contributed by atoms with Gasteiger partial charge in [0.2, 0.25) is 0 Å². The van der Waals surface area contributed by atoms with Gasteiger partial charge in [-0.3, -0.25) is 0 Å². The second kappa shape index (κ2) is 9.75. The van der Waals surface area contributed by atoms with Crippen LogP contribution in [0, 0.1) is 29.1 Å². The lowest BCUT2D eigenvalue weighted by atomic mass is 9.61. The van der Waals surface area contributed by atoms with E-state index in [1.165, 1.54) is 25.5 Å². The quantitative estimate of drug-likeness (QED) is 0.389. The van der Waals surface area contributed by atoms with Crippen molar-refractivity contribution in [2.45, 2.75) is 89.4 Å². The molecule has 0 unspecified atom stereocenters. The van der Waals surface area contributed by atoms with E-state index in [2.05, 4.69) is 32.6 Å². The van der Waals surface area contributed by atoms with Gasteiger partial charge in [-0.05, 0) is 85.2 Å². The van der Waals surface area contributed by atoms with E-state index in [0.717, 1.165) is 32.1 Å². The molecule has 3 N–H and O–H groups in total. The van der Waals surface area contributed by atoms with Gasteiger partial charge in [0.05, 0.1) is 19.3 Å². The van der Waals surface area contributed by atoms with Crippen molar-refractivity contribution in [1.29, 1.82) is 0 Å². The number of aliphatic hydroxyl groups is 3. The summed E-state index contributed by atoms with van der Waals surface area (Å²) in [5.74, 6) is 1.29. The maximum Gasteiger partial charge on any atom is 0.338 e. The Bertz CT molecular complexity index is 896. The van der Waals surface area contributed by atoms with Crippen molar-refractivity contribution >= 4 is 5.97 Å². The Morgan fingerprint density at radius 3 is 2.62 bits per heavy atom. The van der Waals surface area contributed by atoms with Crippen molar-refractivity contribution in [1.82, 2.24) is 0 Å². The molecule has 4 fully saturated rings. The fourth-order valence-electron chi connectivity index (χ4n) is 7.04. The maximum atomic E-state index is 12.1. The number of ether oxygens (including phenoxy) is 1. The van der Waals surface area contributed by atoms with Crippen LogP contribution in [0.15, 0.2) is 47.6 Å². The lowest BCUT2D eigenvalue weighted by Crippen LogP contribution is -2.46. The molecule has 7 atom stereocenters. The zero-order chi connectivity index (χ0) is 24.7. The molecule has 4 rings (SSSR count). The largest absolute Gasteiger partial charge is 0.467 e. The number of rotatable bonds is 6. The molecule has 4 saturated carbocycles. The zero-order valence-corrected chi connectivity index (χ0v) is 21.0. The maximum absolute atomic E-state index is 12.1. The Kier molecular flexibility index (Phi) is 7.29. The average molecular weight is 471 g/mol. The van der Waals surface area contributed by atoms with E-state index < -0.39 is 17.7 Å². The highest BCUT2D eigenvalue weighted by Crippen LogP contribution is 2.59. The number of hydrogen-bond donors (Lipinski definition) is 3. The Labute approximate surface area is 204 Å². The van der Waals surface area contributed by atoms with Crippen LogP contribution in [0.5, 0.6) is 0 Å². The first-order chi connectivity index (χ1) is 16.1. The number of allylic oxidation sites excluding steroid dienone is 4. The predicted octanol–water partition coefficient (Wildman–Crippen LogP) is 4.63. The van der Waals surface area contributed by atoms with Gasteiger partial charge in [0.25, 0.3) is 0 Å². The van der Waals surface area contributed by atoms with Crippen LogP contribution in [0.3, 0.4) is 0 Å².